The highest BCUT2D eigenvalue weighted by molar-refractivity contribution is 6.13. The minimum Gasteiger partial charge on any atom is -0.504 e. The number of carbonyl (C=O) groups is 2. The number of hydrogen-bond acceptors (Lipinski definition) is 4. The summed E-state index contributed by atoms with van der Waals surface area (Å²) in [6, 6.07) is 18.0. The Morgan fingerprint density at radius 3 is 2.54 bits per heavy atom. The van der Waals surface area contributed by atoms with Gasteiger partial charge in [-0.3, -0.25) is 9.59 Å². The molecule has 0 aliphatic rings. The van der Waals surface area contributed by atoms with Gasteiger partial charge in [-0.1, -0.05) is 48.5 Å². The van der Waals surface area contributed by atoms with E-state index in [4.69, 9.17) is 4.74 Å². The van der Waals surface area contributed by atoms with E-state index >= 15 is 0 Å². The maximum absolute atomic E-state index is 12.3. The third-order valence-electron chi connectivity index (χ3n) is 4.07. The number of benzene rings is 3. The zero-order valence-electron chi connectivity index (χ0n) is 14.3. The topological polar surface area (TPSA) is 63.6 Å². The number of rotatable bonds is 6. The molecule has 0 amide bonds. The van der Waals surface area contributed by atoms with Crippen molar-refractivity contribution in [3.05, 3.63) is 77.9 Å². The van der Waals surface area contributed by atoms with Crippen LogP contribution in [0.2, 0.25) is 0 Å². The molecular weight excluding hydrogens is 328 g/mol. The summed E-state index contributed by atoms with van der Waals surface area (Å²) in [6.07, 6.45) is 2.77. The summed E-state index contributed by atoms with van der Waals surface area (Å²) >= 11 is 0. The van der Waals surface area contributed by atoms with Crippen LogP contribution in [0.15, 0.2) is 66.7 Å². The van der Waals surface area contributed by atoms with E-state index in [1.807, 2.05) is 30.3 Å². The van der Waals surface area contributed by atoms with Crippen LogP contribution in [-0.2, 0) is 4.79 Å². The SMILES string of the molecule is COc1cc(C=CC(=O)CC(=O)c2ccc3ccccc3c2)ccc1O. The lowest BCUT2D eigenvalue weighted by atomic mass is 10.0. The van der Waals surface area contributed by atoms with Crippen LogP contribution < -0.4 is 4.74 Å². The number of ketones is 2. The average Bonchev–Trinajstić information content (AvgIpc) is 2.66. The van der Waals surface area contributed by atoms with Gasteiger partial charge in [0.15, 0.2) is 23.1 Å². The molecule has 0 bridgehead atoms. The first-order valence-corrected chi connectivity index (χ1v) is 8.17. The standard InChI is InChI=1S/C22H18O4/c1-26-22-12-15(7-11-20(22)24)6-10-19(23)14-21(25)18-9-8-16-4-2-3-5-17(16)13-18/h2-13,24H,14H2,1H3. The van der Waals surface area contributed by atoms with Crippen LogP contribution in [0.5, 0.6) is 11.5 Å². The lowest BCUT2D eigenvalue weighted by Crippen LogP contribution is -2.05. The van der Waals surface area contributed by atoms with Crippen molar-refractivity contribution in [3.63, 3.8) is 0 Å². The van der Waals surface area contributed by atoms with Gasteiger partial charge in [0.25, 0.3) is 0 Å². The molecule has 0 atom stereocenters. The van der Waals surface area contributed by atoms with Gasteiger partial charge in [0, 0.05) is 5.56 Å². The molecule has 3 aromatic rings. The van der Waals surface area contributed by atoms with Crippen molar-refractivity contribution in [1.82, 2.24) is 0 Å². The maximum atomic E-state index is 12.3. The quantitative estimate of drug-likeness (QED) is 0.408. The van der Waals surface area contributed by atoms with Crippen molar-refractivity contribution in [2.45, 2.75) is 6.42 Å². The summed E-state index contributed by atoms with van der Waals surface area (Å²) < 4.78 is 5.03. The Hall–Kier alpha value is -3.40. The van der Waals surface area contributed by atoms with Gasteiger partial charge < -0.3 is 9.84 Å². The minimum absolute atomic E-state index is 0.0301. The summed E-state index contributed by atoms with van der Waals surface area (Å²) in [4.78, 5) is 24.4. The van der Waals surface area contributed by atoms with Gasteiger partial charge in [-0.25, -0.2) is 0 Å². The van der Waals surface area contributed by atoms with E-state index in [0.717, 1.165) is 10.8 Å². The van der Waals surface area contributed by atoms with Crippen molar-refractivity contribution in [2.75, 3.05) is 7.11 Å². The van der Waals surface area contributed by atoms with Gasteiger partial charge in [0.2, 0.25) is 0 Å². The predicted molar refractivity (Wildman–Crippen MR) is 102 cm³/mol. The Kier molecular flexibility index (Phi) is 5.13. The second kappa shape index (κ2) is 7.66. The van der Waals surface area contributed by atoms with Gasteiger partial charge in [-0.15, -0.1) is 0 Å². The van der Waals surface area contributed by atoms with E-state index in [1.54, 1.807) is 30.3 Å². The lowest BCUT2D eigenvalue weighted by molar-refractivity contribution is -0.113. The summed E-state index contributed by atoms with van der Waals surface area (Å²) in [5.74, 6) is -0.141. The Balaban J connectivity index is 1.69. The number of aromatic hydroxyl groups is 1. The van der Waals surface area contributed by atoms with E-state index in [0.29, 0.717) is 16.9 Å². The zero-order chi connectivity index (χ0) is 18.5. The molecule has 0 saturated heterocycles. The highest BCUT2D eigenvalue weighted by atomic mass is 16.5. The molecule has 0 aliphatic carbocycles. The van der Waals surface area contributed by atoms with Crippen LogP contribution in [0, 0.1) is 0 Å². The van der Waals surface area contributed by atoms with Gasteiger partial charge >= 0.3 is 0 Å². The van der Waals surface area contributed by atoms with E-state index in [2.05, 4.69) is 0 Å². The van der Waals surface area contributed by atoms with E-state index in [9.17, 15) is 14.7 Å². The molecule has 0 aliphatic heterocycles. The molecule has 0 fully saturated rings. The first-order valence-electron chi connectivity index (χ1n) is 8.17. The molecule has 0 saturated carbocycles. The van der Waals surface area contributed by atoms with E-state index in [-0.39, 0.29) is 23.7 Å². The maximum Gasteiger partial charge on any atom is 0.170 e. The fourth-order valence-electron chi connectivity index (χ4n) is 2.67. The van der Waals surface area contributed by atoms with E-state index < -0.39 is 0 Å². The largest absolute Gasteiger partial charge is 0.504 e. The molecule has 26 heavy (non-hydrogen) atoms. The number of phenols is 1. The van der Waals surface area contributed by atoms with Gasteiger partial charge in [-0.2, -0.15) is 0 Å². The highest BCUT2D eigenvalue weighted by Gasteiger charge is 2.10. The van der Waals surface area contributed by atoms with Crippen LogP contribution in [0.4, 0.5) is 0 Å². The Labute approximate surface area is 151 Å². The van der Waals surface area contributed by atoms with Crippen molar-refractivity contribution < 1.29 is 19.4 Å². The van der Waals surface area contributed by atoms with Gasteiger partial charge in [-0.05, 0) is 40.6 Å². The Morgan fingerprint density at radius 1 is 1.00 bits per heavy atom. The smallest absolute Gasteiger partial charge is 0.170 e. The fourth-order valence-corrected chi connectivity index (χ4v) is 2.67. The van der Waals surface area contributed by atoms with Crippen molar-refractivity contribution in [3.8, 4) is 11.5 Å². The van der Waals surface area contributed by atoms with Crippen LogP contribution in [0.25, 0.3) is 16.8 Å². The van der Waals surface area contributed by atoms with Gasteiger partial charge in [0.05, 0.1) is 13.5 Å². The molecule has 0 heterocycles. The molecule has 0 aromatic heterocycles. The Bertz CT molecular complexity index is 1000. The first-order chi connectivity index (χ1) is 12.6. The molecule has 0 spiro atoms. The monoisotopic (exact) mass is 346 g/mol. The fraction of sp³-hybridized carbons (Fsp3) is 0.0909. The van der Waals surface area contributed by atoms with Gasteiger partial charge in [0.1, 0.15) is 0 Å². The number of methoxy groups -OCH3 is 1. The number of hydrogen-bond donors (Lipinski definition) is 1. The molecule has 4 heteroatoms. The molecule has 0 radical (unpaired) electrons. The van der Waals surface area contributed by atoms with Crippen LogP contribution in [0.1, 0.15) is 22.3 Å². The van der Waals surface area contributed by atoms with Crippen LogP contribution >= 0.6 is 0 Å². The number of fused-ring (bicyclic) bond motifs is 1. The molecule has 130 valence electrons. The number of Topliss-reactive ketones (excluding diaryl/α,β-unsaturated/α-hetero) is 1. The summed E-state index contributed by atoms with van der Waals surface area (Å²) in [5.41, 5.74) is 1.22. The molecule has 3 aromatic carbocycles. The van der Waals surface area contributed by atoms with E-state index in [1.165, 1.54) is 19.3 Å². The summed E-state index contributed by atoms with van der Waals surface area (Å²) in [6.45, 7) is 0. The van der Waals surface area contributed by atoms with Crippen molar-refractivity contribution in [1.29, 1.82) is 0 Å². The summed E-state index contributed by atoms with van der Waals surface area (Å²) in [5, 5.41) is 11.6. The predicted octanol–water partition coefficient (Wildman–Crippen LogP) is 4.41. The highest BCUT2D eigenvalue weighted by Crippen LogP contribution is 2.26. The first kappa shape index (κ1) is 17.4. The molecule has 4 nitrogen and oxygen atoms in total. The average molecular weight is 346 g/mol. The third-order valence-corrected chi connectivity index (χ3v) is 4.07. The number of carbonyl (C=O) groups excluding carboxylic acids is 2. The zero-order valence-corrected chi connectivity index (χ0v) is 14.3. The number of phenolic OH excluding ortho intramolecular Hbond substituents is 1. The molecule has 0 unspecified atom stereocenters. The third kappa shape index (κ3) is 3.98. The Morgan fingerprint density at radius 2 is 1.77 bits per heavy atom. The molecule has 1 N–H and O–H groups in total. The second-order valence-electron chi connectivity index (χ2n) is 5.89. The second-order valence-corrected chi connectivity index (χ2v) is 5.89. The number of allylic oxidation sites excluding steroid dienone is 1. The van der Waals surface area contributed by atoms with Crippen molar-refractivity contribution in [2.24, 2.45) is 0 Å². The number of ether oxygens (including phenoxy) is 1. The molecular formula is C22H18O4. The lowest BCUT2D eigenvalue weighted by Gasteiger charge is -2.04. The van der Waals surface area contributed by atoms with Crippen molar-refractivity contribution >= 4 is 28.4 Å². The minimum atomic E-state index is -0.282. The van der Waals surface area contributed by atoms with Crippen LogP contribution in [-0.4, -0.2) is 23.8 Å². The van der Waals surface area contributed by atoms with Crippen LogP contribution in [0.3, 0.4) is 0 Å². The summed E-state index contributed by atoms with van der Waals surface area (Å²) in [7, 11) is 1.45. The normalized spacial score (nSPS) is 11.0. The molecule has 3 rings (SSSR count).